The molecule has 1 aliphatic rings. The fourth-order valence-electron chi connectivity index (χ4n) is 4.84. The molecule has 0 N–H and O–H groups in total. The highest BCUT2D eigenvalue weighted by Gasteiger charge is 2.33. The van der Waals surface area contributed by atoms with Crippen LogP contribution in [-0.2, 0) is 12.8 Å². The van der Waals surface area contributed by atoms with Gasteiger partial charge in [-0.15, -0.1) is 11.8 Å². The average Bonchev–Trinajstić information content (AvgIpc) is 3.18. The van der Waals surface area contributed by atoms with Gasteiger partial charge in [0.25, 0.3) is 0 Å². The van der Waals surface area contributed by atoms with Crippen LogP contribution in [0.5, 0.6) is 0 Å². The molecule has 0 aliphatic carbocycles. The SMILES string of the molecule is CC1CC(C(=O)c2cn(C)c3nc(SCc4ccccc4)c(Cl)cc23)CCN1c1ncc(F)cc1Cl. The fourth-order valence-corrected chi connectivity index (χ4v) is 6.26. The lowest BCUT2D eigenvalue weighted by Gasteiger charge is -2.38. The van der Waals surface area contributed by atoms with Gasteiger partial charge in [0.2, 0.25) is 0 Å². The molecule has 9 heteroatoms. The average molecular weight is 543 g/mol. The van der Waals surface area contributed by atoms with Crippen LogP contribution in [0, 0.1) is 11.7 Å². The molecule has 1 fully saturated rings. The van der Waals surface area contributed by atoms with E-state index in [2.05, 4.69) is 17.1 Å². The Bertz CT molecular complexity index is 1430. The molecule has 186 valence electrons. The highest BCUT2D eigenvalue weighted by molar-refractivity contribution is 7.98. The van der Waals surface area contributed by atoms with Crippen molar-refractivity contribution in [2.24, 2.45) is 13.0 Å². The minimum Gasteiger partial charge on any atom is -0.353 e. The maximum absolute atomic E-state index is 13.6. The molecule has 0 bridgehead atoms. The number of carbonyl (C=O) groups is 1. The summed E-state index contributed by atoms with van der Waals surface area (Å²) in [7, 11) is 1.90. The predicted molar refractivity (Wildman–Crippen MR) is 145 cm³/mol. The number of anilines is 1. The van der Waals surface area contributed by atoms with Gasteiger partial charge in [0, 0.05) is 48.5 Å². The number of fused-ring (bicyclic) bond motifs is 1. The Labute approximate surface area is 223 Å². The van der Waals surface area contributed by atoms with Gasteiger partial charge in [-0.1, -0.05) is 53.5 Å². The quantitative estimate of drug-likeness (QED) is 0.190. The van der Waals surface area contributed by atoms with Crippen LogP contribution in [-0.4, -0.2) is 32.9 Å². The number of ketones is 1. The number of rotatable bonds is 6. The maximum Gasteiger partial charge on any atom is 0.168 e. The van der Waals surface area contributed by atoms with Gasteiger partial charge in [-0.05, 0) is 37.5 Å². The van der Waals surface area contributed by atoms with Crippen LogP contribution in [0.1, 0.15) is 35.7 Å². The number of nitrogens with zero attached hydrogens (tertiary/aromatic N) is 4. The van der Waals surface area contributed by atoms with E-state index in [-0.39, 0.29) is 22.8 Å². The number of hydrogen-bond acceptors (Lipinski definition) is 5. The fraction of sp³-hybridized carbons (Fsp3) is 0.296. The summed E-state index contributed by atoms with van der Waals surface area (Å²) in [6.45, 7) is 2.65. The number of piperidine rings is 1. The van der Waals surface area contributed by atoms with E-state index >= 15 is 0 Å². The number of halogens is 3. The van der Waals surface area contributed by atoms with Gasteiger partial charge >= 0.3 is 0 Å². The lowest BCUT2D eigenvalue weighted by Crippen LogP contribution is -2.43. The van der Waals surface area contributed by atoms with Crippen LogP contribution in [0.2, 0.25) is 10.0 Å². The van der Waals surface area contributed by atoms with Gasteiger partial charge in [0.05, 0.1) is 16.2 Å². The van der Waals surface area contributed by atoms with Crippen molar-refractivity contribution in [3.63, 3.8) is 0 Å². The summed E-state index contributed by atoms with van der Waals surface area (Å²) in [6.07, 6.45) is 4.33. The molecular formula is C27H25Cl2FN4OS. The normalized spacial score (nSPS) is 18.1. The summed E-state index contributed by atoms with van der Waals surface area (Å²) in [5.41, 5.74) is 2.58. The van der Waals surface area contributed by atoms with E-state index in [0.717, 1.165) is 21.8 Å². The van der Waals surface area contributed by atoms with Gasteiger partial charge in [-0.3, -0.25) is 4.79 Å². The summed E-state index contributed by atoms with van der Waals surface area (Å²) < 4.78 is 15.3. The molecule has 1 aliphatic heterocycles. The summed E-state index contributed by atoms with van der Waals surface area (Å²) >= 11 is 14.4. The van der Waals surface area contributed by atoms with E-state index in [1.807, 2.05) is 53.9 Å². The van der Waals surface area contributed by atoms with E-state index in [1.54, 1.807) is 11.8 Å². The molecular weight excluding hydrogens is 518 g/mol. The lowest BCUT2D eigenvalue weighted by molar-refractivity contribution is 0.0891. The van der Waals surface area contributed by atoms with Crippen molar-refractivity contribution in [2.75, 3.05) is 11.4 Å². The number of hydrogen-bond donors (Lipinski definition) is 0. The Morgan fingerprint density at radius 2 is 1.97 bits per heavy atom. The van der Waals surface area contributed by atoms with Gasteiger partial charge in [-0.2, -0.15) is 0 Å². The lowest BCUT2D eigenvalue weighted by atomic mass is 9.85. The van der Waals surface area contributed by atoms with Crippen LogP contribution in [0.25, 0.3) is 11.0 Å². The number of aromatic nitrogens is 3. The van der Waals surface area contributed by atoms with Crippen LogP contribution >= 0.6 is 35.0 Å². The first-order valence-corrected chi connectivity index (χ1v) is 13.5. The second kappa shape index (κ2) is 10.4. The molecule has 1 saturated heterocycles. The molecule has 3 aromatic heterocycles. The Balaban J connectivity index is 1.35. The zero-order valence-corrected chi connectivity index (χ0v) is 22.2. The molecule has 0 amide bonds. The van der Waals surface area contributed by atoms with Gasteiger partial charge in [0.1, 0.15) is 22.3 Å². The number of pyridine rings is 2. The first kappa shape index (κ1) is 25.1. The van der Waals surface area contributed by atoms with E-state index in [4.69, 9.17) is 28.2 Å². The summed E-state index contributed by atoms with van der Waals surface area (Å²) in [6, 6.07) is 13.3. The molecule has 0 saturated carbocycles. The summed E-state index contributed by atoms with van der Waals surface area (Å²) in [5, 5.41) is 2.35. The zero-order chi connectivity index (χ0) is 25.4. The van der Waals surface area contributed by atoms with E-state index in [9.17, 15) is 9.18 Å². The summed E-state index contributed by atoms with van der Waals surface area (Å²) in [4.78, 5) is 24.7. The van der Waals surface area contributed by atoms with Gasteiger partial charge < -0.3 is 9.47 Å². The monoisotopic (exact) mass is 542 g/mol. The first-order valence-electron chi connectivity index (χ1n) is 11.8. The third-order valence-corrected chi connectivity index (χ3v) is 8.40. The maximum atomic E-state index is 13.6. The molecule has 5 nitrogen and oxygen atoms in total. The van der Waals surface area contributed by atoms with Crippen LogP contribution in [0.15, 0.2) is 59.9 Å². The zero-order valence-electron chi connectivity index (χ0n) is 19.9. The van der Waals surface area contributed by atoms with Crippen LogP contribution in [0.3, 0.4) is 0 Å². The highest BCUT2D eigenvalue weighted by atomic mass is 35.5. The van der Waals surface area contributed by atoms with Crippen molar-refractivity contribution < 1.29 is 9.18 Å². The second-order valence-electron chi connectivity index (χ2n) is 9.16. The van der Waals surface area contributed by atoms with Crippen molar-refractivity contribution in [3.8, 4) is 0 Å². The van der Waals surface area contributed by atoms with E-state index < -0.39 is 5.82 Å². The van der Waals surface area contributed by atoms with Crippen molar-refractivity contribution in [1.29, 1.82) is 0 Å². The van der Waals surface area contributed by atoms with Crippen LogP contribution in [0.4, 0.5) is 10.2 Å². The van der Waals surface area contributed by atoms with E-state index in [1.165, 1.54) is 17.8 Å². The molecule has 4 aromatic rings. The van der Waals surface area contributed by atoms with Crippen molar-refractivity contribution >= 4 is 57.6 Å². The molecule has 0 radical (unpaired) electrons. The summed E-state index contributed by atoms with van der Waals surface area (Å²) in [5.74, 6) is 0.794. The number of benzene rings is 1. The number of thioether (sulfide) groups is 1. The largest absolute Gasteiger partial charge is 0.353 e. The second-order valence-corrected chi connectivity index (χ2v) is 10.9. The number of Topliss-reactive ketones (excluding diaryl/α,β-unsaturated/α-hetero) is 1. The van der Waals surface area contributed by atoms with Crippen molar-refractivity contribution in [2.45, 2.75) is 36.6 Å². The molecule has 0 spiro atoms. The topological polar surface area (TPSA) is 51.0 Å². The molecule has 2 unspecified atom stereocenters. The number of carbonyl (C=O) groups excluding carboxylic acids is 1. The molecule has 5 rings (SSSR count). The van der Waals surface area contributed by atoms with Gasteiger partial charge in [-0.25, -0.2) is 14.4 Å². The molecule has 36 heavy (non-hydrogen) atoms. The Morgan fingerprint density at radius 1 is 1.19 bits per heavy atom. The smallest absolute Gasteiger partial charge is 0.168 e. The minimum absolute atomic E-state index is 0.0286. The Kier molecular flexibility index (Phi) is 7.24. The first-order chi connectivity index (χ1) is 17.3. The van der Waals surface area contributed by atoms with Crippen LogP contribution < -0.4 is 4.90 Å². The van der Waals surface area contributed by atoms with E-state index in [0.29, 0.717) is 35.8 Å². The van der Waals surface area contributed by atoms with Crippen molar-refractivity contribution in [1.82, 2.24) is 14.5 Å². The molecule has 1 aromatic carbocycles. The predicted octanol–water partition coefficient (Wildman–Crippen LogP) is 7.19. The third-order valence-electron chi connectivity index (χ3n) is 6.66. The highest BCUT2D eigenvalue weighted by Crippen LogP contribution is 2.36. The Morgan fingerprint density at radius 3 is 2.69 bits per heavy atom. The van der Waals surface area contributed by atoms with Crippen molar-refractivity contribution in [3.05, 3.63) is 81.8 Å². The minimum atomic E-state index is -0.466. The molecule has 2 atom stereocenters. The number of aryl methyl sites for hydroxylation is 1. The Hall–Kier alpha value is -2.61. The third kappa shape index (κ3) is 4.97. The molecule has 4 heterocycles. The van der Waals surface area contributed by atoms with Gasteiger partial charge in [0.15, 0.2) is 5.78 Å². The standard InChI is InChI=1S/C27H25Cl2FN4OS/c1-16-10-18(8-9-34(16)26-22(28)11-19(30)13-31-26)24(35)21-14-33(2)25-20(21)12-23(29)27(32-25)36-15-17-6-4-3-5-7-17/h3-7,11-14,16,18H,8-10,15H2,1-2H3.